The minimum Gasteiger partial charge on any atom is -0.480 e. The molecule has 0 aliphatic rings. The van der Waals surface area contributed by atoms with Crippen LogP contribution in [-0.2, 0) is 16.1 Å². The number of carbonyl (C=O) groups is 3. The minimum absolute atomic E-state index is 0.170. The van der Waals surface area contributed by atoms with Gasteiger partial charge in [-0.25, -0.2) is 0 Å². The Bertz CT molecular complexity index is 526. The van der Waals surface area contributed by atoms with Crippen molar-refractivity contribution in [2.45, 2.75) is 13.5 Å². The molecule has 1 aromatic rings. The molecule has 0 heterocycles. The van der Waals surface area contributed by atoms with E-state index in [1.165, 1.54) is 11.0 Å². The Hall–Kier alpha value is -2.41. The van der Waals surface area contributed by atoms with Gasteiger partial charge in [0, 0.05) is 12.1 Å². The van der Waals surface area contributed by atoms with E-state index in [9.17, 15) is 14.4 Å². The van der Waals surface area contributed by atoms with E-state index in [2.05, 4.69) is 0 Å². The molecular formula is C13H16N2O5. The van der Waals surface area contributed by atoms with Gasteiger partial charge >= 0.3 is 11.9 Å². The smallest absolute Gasteiger partial charge is 0.317 e. The molecule has 7 heteroatoms. The lowest BCUT2D eigenvalue weighted by Gasteiger charge is -2.19. The number of carbonyl (C=O) groups excluding carboxylic acids is 1. The molecule has 0 atom stereocenters. The van der Waals surface area contributed by atoms with E-state index in [4.69, 9.17) is 15.9 Å². The van der Waals surface area contributed by atoms with Crippen molar-refractivity contribution in [3.8, 4) is 0 Å². The first-order chi connectivity index (χ1) is 9.29. The first-order valence-electron chi connectivity index (χ1n) is 5.85. The number of hydrogen-bond acceptors (Lipinski definition) is 4. The lowest BCUT2D eigenvalue weighted by atomic mass is 10.0. The van der Waals surface area contributed by atoms with E-state index in [1.807, 2.05) is 0 Å². The molecule has 0 aliphatic heterocycles. The summed E-state index contributed by atoms with van der Waals surface area (Å²) in [5.41, 5.74) is 7.02. The van der Waals surface area contributed by atoms with Crippen LogP contribution in [0.25, 0.3) is 0 Å². The van der Waals surface area contributed by atoms with Gasteiger partial charge in [-0.2, -0.15) is 0 Å². The second kappa shape index (κ2) is 6.67. The third-order valence-corrected chi connectivity index (χ3v) is 2.74. The highest BCUT2D eigenvalue weighted by molar-refractivity contribution is 5.93. The SMILES string of the molecule is Cc1cc(C(N)=O)ccc1CN(CC(=O)O)CC(=O)O. The lowest BCUT2D eigenvalue weighted by molar-refractivity contribution is -0.142. The van der Waals surface area contributed by atoms with Crippen LogP contribution in [0.15, 0.2) is 18.2 Å². The quantitative estimate of drug-likeness (QED) is 0.649. The summed E-state index contributed by atoms with van der Waals surface area (Å²) < 4.78 is 0. The molecule has 0 unspecified atom stereocenters. The third-order valence-electron chi connectivity index (χ3n) is 2.74. The zero-order valence-corrected chi connectivity index (χ0v) is 11.0. The van der Waals surface area contributed by atoms with E-state index < -0.39 is 17.8 Å². The van der Waals surface area contributed by atoms with Crippen molar-refractivity contribution in [2.24, 2.45) is 5.73 Å². The Morgan fingerprint density at radius 1 is 1.15 bits per heavy atom. The highest BCUT2D eigenvalue weighted by atomic mass is 16.4. The van der Waals surface area contributed by atoms with Crippen molar-refractivity contribution in [3.05, 3.63) is 34.9 Å². The molecule has 1 rings (SSSR count). The molecule has 1 aromatic carbocycles. The number of rotatable bonds is 7. The maximum atomic E-state index is 11.0. The van der Waals surface area contributed by atoms with Crippen molar-refractivity contribution in [2.75, 3.05) is 13.1 Å². The third kappa shape index (κ3) is 4.69. The topological polar surface area (TPSA) is 121 Å². The van der Waals surface area contributed by atoms with Crippen LogP contribution in [-0.4, -0.2) is 46.0 Å². The zero-order chi connectivity index (χ0) is 15.3. The maximum absolute atomic E-state index is 11.0. The summed E-state index contributed by atoms with van der Waals surface area (Å²) in [6, 6.07) is 4.77. The fourth-order valence-electron chi connectivity index (χ4n) is 1.82. The summed E-state index contributed by atoms with van der Waals surface area (Å²) >= 11 is 0. The Balaban J connectivity index is 2.90. The van der Waals surface area contributed by atoms with Gasteiger partial charge in [-0.3, -0.25) is 19.3 Å². The van der Waals surface area contributed by atoms with E-state index in [1.54, 1.807) is 19.1 Å². The van der Waals surface area contributed by atoms with Crippen LogP contribution in [0.3, 0.4) is 0 Å². The van der Waals surface area contributed by atoms with Crippen LogP contribution in [0, 0.1) is 6.92 Å². The zero-order valence-electron chi connectivity index (χ0n) is 11.0. The maximum Gasteiger partial charge on any atom is 0.317 e. The van der Waals surface area contributed by atoms with E-state index in [0.29, 0.717) is 5.56 Å². The fraction of sp³-hybridized carbons (Fsp3) is 0.308. The molecular weight excluding hydrogens is 264 g/mol. The van der Waals surface area contributed by atoms with E-state index in [0.717, 1.165) is 11.1 Å². The lowest BCUT2D eigenvalue weighted by Crippen LogP contribution is -2.34. The first-order valence-corrected chi connectivity index (χ1v) is 5.85. The van der Waals surface area contributed by atoms with Crippen molar-refractivity contribution < 1.29 is 24.6 Å². The normalized spacial score (nSPS) is 10.5. The van der Waals surface area contributed by atoms with Gasteiger partial charge in [0.25, 0.3) is 0 Å². The van der Waals surface area contributed by atoms with Gasteiger partial charge < -0.3 is 15.9 Å². The van der Waals surface area contributed by atoms with Gasteiger partial charge in [0.2, 0.25) is 5.91 Å². The molecule has 4 N–H and O–H groups in total. The van der Waals surface area contributed by atoms with E-state index in [-0.39, 0.29) is 19.6 Å². The number of hydrogen-bond donors (Lipinski definition) is 3. The van der Waals surface area contributed by atoms with Crippen LogP contribution in [0.2, 0.25) is 0 Å². The molecule has 0 aromatic heterocycles. The van der Waals surface area contributed by atoms with Crippen LogP contribution in [0.4, 0.5) is 0 Å². The number of nitrogens with two attached hydrogens (primary N) is 1. The van der Waals surface area contributed by atoms with Crippen LogP contribution in [0.5, 0.6) is 0 Å². The van der Waals surface area contributed by atoms with Crippen molar-refractivity contribution in [1.82, 2.24) is 4.90 Å². The summed E-state index contributed by atoms with van der Waals surface area (Å²) in [5.74, 6) is -2.75. The molecule has 0 spiro atoms. The molecule has 0 saturated heterocycles. The molecule has 20 heavy (non-hydrogen) atoms. The summed E-state index contributed by atoms with van der Waals surface area (Å²) in [5, 5.41) is 17.5. The number of amides is 1. The van der Waals surface area contributed by atoms with E-state index >= 15 is 0 Å². The molecule has 0 fully saturated rings. The molecule has 7 nitrogen and oxygen atoms in total. The first kappa shape index (κ1) is 15.6. The second-order valence-electron chi connectivity index (χ2n) is 4.44. The molecule has 108 valence electrons. The predicted molar refractivity (Wildman–Crippen MR) is 70.2 cm³/mol. The van der Waals surface area contributed by atoms with Gasteiger partial charge in [-0.05, 0) is 30.2 Å². The highest BCUT2D eigenvalue weighted by Gasteiger charge is 2.15. The Labute approximate surface area is 115 Å². The Kier molecular flexibility index (Phi) is 5.22. The van der Waals surface area contributed by atoms with Gasteiger partial charge in [0.05, 0.1) is 13.1 Å². The summed E-state index contributed by atoms with van der Waals surface area (Å²) in [4.78, 5) is 33.8. The number of aryl methyl sites for hydroxylation is 1. The molecule has 0 aliphatic carbocycles. The number of benzene rings is 1. The number of primary amides is 1. The van der Waals surface area contributed by atoms with Crippen molar-refractivity contribution in [3.63, 3.8) is 0 Å². The Morgan fingerprint density at radius 2 is 1.70 bits per heavy atom. The summed E-state index contributed by atoms with van der Waals surface area (Å²) in [6.45, 7) is 1.18. The monoisotopic (exact) mass is 280 g/mol. The minimum atomic E-state index is -1.10. The van der Waals surface area contributed by atoms with Gasteiger partial charge in [0.1, 0.15) is 0 Å². The fourth-order valence-corrected chi connectivity index (χ4v) is 1.82. The molecule has 1 amide bonds. The van der Waals surface area contributed by atoms with Gasteiger partial charge in [-0.1, -0.05) is 6.07 Å². The van der Waals surface area contributed by atoms with Crippen LogP contribution < -0.4 is 5.73 Å². The van der Waals surface area contributed by atoms with Gasteiger partial charge in [0.15, 0.2) is 0 Å². The highest BCUT2D eigenvalue weighted by Crippen LogP contribution is 2.13. The van der Waals surface area contributed by atoms with Crippen LogP contribution in [0.1, 0.15) is 21.5 Å². The summed E-state index contributed by atoms with van der Waals surface area (Å²) in [7, 11) is 0. The van der Waals surface area contributed by atoms with Crippen molar-refractivity contribution >= 4 is 17.8 Å². The Morgan fingerprint density at radius 3 is 2.10 bits per heavy atom. The number of carboxylic acid groups (broad SMARTS) is 2. The molecule has 0 saturated carbocycles. The summed E-state index contributed by atoms with van der Waals surface area (Å²) in [6.07, 6.45) is 0. The average molecular weight is 280 g/mol. The number of carboxylic acids is 2. The van der Waals surface area contributed by atoms with Gasteiger partial charge in [-0.15, -0.1) is 0 Å². The van der Waals surface area contributed by atoms with Crippen molar-refractivity contribution in [1.29, 1.82) is 0 Å². The largest absolute Gasteiger partial charge is 0.480 e. The second-order valence-corrected chi connectivity index (χ2v) is 4.44. The number of nitrogens with zero attached hydrogens (tertiary/aromatic N) is 1. The molecule has 0 bridgehead atoms. The average Bonchev–Trinajstić information content (AvgIpc) is 2.29. The van der Waals surface area contributed by atoms with Crippen LogP contribution >= 0.6 is 0 Å². The number of aliphatic carboxylic acids is 2. The predicted octanol–water partition coefficient (Wildman–Crippen LogP) is 0.0651. The standard InChI is InChI=1S/C13H16N2O5/c1-8-4-9(13(14)20)2-3-10(8)5-15(6-11(16)17)7-12(18)19/h2-4H,5-7H2,1H3,(H2,14,20)(H,16,17)(H,18,19). The molecule has 0 radical (unpaired) electrons.